The molecule has 1 aliphatic carbocycles. The van der Waals surface area contributed by atoms with Crippen molar-refractivity contribution in [2.24, 2.45) is 5.92 Å². The number of carbonyl (C=O) groups is 2. The van der Waals surface area contributed by atoms with E-state index in [2.05, 4.69) is 5.32 Å². The normalized spacial score (nSPS) is 18.5. The highest BCUT2D eigenvalue weighted by Gasteiger charge is 2.67. The number of carbonyl (C=O) groups excluding carboxylic acids is 2. The van der Waals surface area contributed by atoms with Crippen molar-refractivity contribution < 1.29 is 14.0 Å². The maximum Gasteiger partial charge on any atom is 0.261 e. The van der Waals surface area contributed by atoms with Crippen LogP contribution >= 0.6 is 46.4 Å². The van der Waals surface area contributed by atoms with E-state index >= 15 is 4.39 Å². The van der Waals surface area contributed by atoms with Crippen molar-refractivity contribution in [1.82, 2.24) is 0 Å². The maximum absolute atomic E-state index is 15.2. The molecule has 3 aromatic rings. The summed E-state index contributed by atoms with van der Waals surface area (Å²) in [7, 11) is 1.55. The van der Waals surface area contributed by atoms with Crippen LogP contribution in [-0.2, 0) is 4.79 Å². The molecule has 33 heavy (non-hydrogen) atoms. The summed E-state index contributed by atoms with van der Waals surface area (Å²) in [5, 5.41) is 3.19. The lowest BCUT2D eigenvalue weighted by molar-refractivity contribution is -0.117. The standard InChI is InChI=1S/C24H17Cl4FN2O2/c1-31(14-6-3-2-4-7-14)23(33)15-8-5-9-18(21(15)29)30-22(32)20-19(24(20,27)28)13-10-11-16(25)17(26)12-13/h2-12,19-20H,1H3,(H,30,32)/t19-,20+/m0/s1. The molecule has 0 bridgehead atoms. The van der Waals surface area contributed by atoms with E-state index in [0.717, 1.165) is 0 Å². The van der Waals surface area contributed by atoms with E-state index in [1.54, 1.807) is 49.5 Å². The molecule has 1 saturated carbocycles. The summed E-state index contributed by atoms with van der Waals surface area (Å²) in [6, 6.07) is 17.9. The lowest BCUT2D eigenvalue weighted by Crippen LogP contribution is -2.27. The summed E-state index contributed by atoms with van der Waals surface area (Å²) in [5.74, 6) is -3.37. The zero-order valence-corrected chi connectivity index (χ0v) is 20.2. The molecule has 1 aliphatic rings. The van der Waals surface area contributed by atoms with Crippen molar-refractivity contribution in [3.63, 3.8) is 0 Å². The predicted octanol–water partition coefficient (Wildman–Crippen LogP) is 6.94. The minimum absolute atomic E-state index is 0.142. The van der Waals surface area contributed by atoms with Crippen LogP contribution in [-0.4, -0.2) is 23.2 Å². The van der Waals surface area contributed by atoms with Crippen molar-refractivity contribution in [2.75, 3.05) is 17.3 Å². The quantitative estimate of drug-likeness (QED) is 0.367. The molecular formula is C24H17Cl4FN2O2. The van der Waals surface area contributed by atoms with E-state index in [9.17, 15) is 9.59 Å². The van der Waals surface area contributed by atoms with Gasteiger partial charge in [-0.25, -0.2) is 4.39 Å². The van der Waals surface area contributed by atoms with E-state index in [0.29, 0.717) is 21.3 Å². The van der Waals surface area contributed by atoms with E-state index in [-0.39, 0.29) is 11.3 Å². The Morgan fingerprint density at radius 2 is 1.67 bits per heavy atom. The van der Waals surface area contributed by atoms with Gasteiger partial charge in [-0.3, -0.25) is 9.59 Å². The summed E-state index contributed by atoms with van der Waals surface area (Å²) in [6.07, 6.45) is 0. The molecule has 1 N–H and O–H groups in total. The average Bonchev–Trinajstić information content (AvgIpc) is 3.38. The van der Waals surface area contributed by atoms with Gasteiger partial charge in [-0.05, 0) is 42.0 Å². The summed E-state index contributed by atoms with van der Waals surface area (Å²) in [6.45, 7) is 0. The molecule has 0 heterocycles. The number of nitrogens with zero attached hydrogens (tertiary/aromatic N) is 1. The highest BCUT2D eigenvalue weighted by atomic mass is 35.5. The molecule has 3 aromatic carbocycles. The Morgan fingerprint density at radius 3 is 2.33 bits per heavy atom. The highest BCUT2D eigenvalue weighted by Crippen LogP contribution is 2.65. The Bertz CT molecular complexity index is 1240. The third-order valence-electron chi connectivity index (χ3n) is 5.57. The third-order valence-corrected chi connectivity index (χ3v) is 7.25. The molecule has 170 valence electrons. The van der Waals surface area contributed by atoms with Gasteiger partial charge in [0.05, 0.1) is 27.2 Å². The van der Waals surface area contributed by atoms with E-state index in [1.165, 1.54) is 23.1 Å². The van der Waals surface area contributed by atoms with Gasteiger partial charge in [-0.15, -0.1) is 23.2 Å². The second-order valence-electron chi connectivity index (χ2n) is 7.66. The highest BCUT2D eigenvalue weighted by molar-refractivity contribution is 6.53. The SMILES string of the molecule is CN(C(=O)c1cccc(NC(=O)[C@H]2[C@H](c3ccc(Cl)c(Cl)c3)C2(Cl)Cl)c1F)c1ccccc1. The molecule has 0 unspecified atom stereocenters. The number of halogens is 5. The number of hydrogen-bond donors (Lipinski definition) is 1. The fraction of sp³-hybridized carbons (Fsp3) is 0.167. The smallest absolute Gasteiger partial charge is 0.261 e. The number of amides is 2. The minimum atomic E-state index is -1.39. The van der Waals surface area contributed by atoms with Gasteiger partial charge in [-0.1, -0.05) is 53.5 Å². The largest absolute Gasteiger partial charge is 0.323 e. The van der Waals surface area contributed by atoms with Crippen LogP contribution in [0.25, 0.3) is 0 Å². The number of anilines is 2. The molecule has 0 spiro atoms. The Morgan fingerprint density at radius 1 is 0.970 bits per heavy atom. The molecule has 0 saturated heterocycles. The van der Waals surface area contributed by atoms with Crippen LogP contribution in [0.2, 0.25) is 10.0 Å². The van der Waals surface area contributed by atoms with Gasteiger partial charge < -0.3 is 10.2 Å². The van der Waals surface area contributed by atoms with E-state index in [1.807, 2.05) is 6.07 Å². The monoisotopic (exact) mass is 524 g/mol. The van der Waals surface area contributed by atoms with Gasteiger partial charge >= 0.3 is 0 Å². The molecule has 4 rings (SSSR count). The second-order valence-corrected chi connectivity index (χ2v) is 9.92. The zero-order chi connectivity index (χ0) is 23.9. The summed E-state index contributed by atoms with van der Waals surface area (Å²) < 4.78 is 13.8. The molecular weight excluding hydrogens is 509 g/mol. The summed E-state index contributed by atoms with van der Waals surface area (Å²) >= 11 is 24.8. The van der Waals surface area contributed by atoms with Crippen LogP contribution < -0.4 is 10.2 Å². The Hall–Kier alpha value is -2.31. The van der Waals surface area contributed by atoms with Crippen LogP contribution in [0.15, 0.2) is 66.7 Å². The second kappa shape index (κ2) is 9.15. The topological polar surface area (TPSA) is 49.4 Å². The first-order chi connectivity index (χ1) is 15.6. The van der Waals surface area contributed by atoms with E-state index < -0.39 is 33.8 Å². The Labute approximate surface area is 210 Å². The van der Waals surface area contributed by atoms with Crippen LogP contribution in [0.3, 0.4) is 0 Å². The Balaban J connectivity index is 1.54. The molecule has 0 aliphatic heterocycles. The van der Waals surface area contributed by atoms with Crippen molar-refractivity contribution in [3.05, 3.63) is 93.7 Å². The molecule has 1 fully saturated rings. The average molecular weight is 526 g/mol. The molecule has 4 nitrogen and oxygen atoms in total. The van der Waals surface area contributed by atoms with Gasteiger partial charge in [0.25, 0.3) is 5.91 Å². The molecule has 2 amide bonds. The fourth-order valence-corrected chi connectivity index (χ4v) is 4.86. The van der Waals surface area contributed by atoms with E-state index in [4.69, 9.17) is 46.4 Å². The van der Waals surface area contributed by atoms with Crippen LogP contribution in [0, 0.1) is 11.7 Å². The predicted molar refractivity (Wildman–Crippen MR) is 131 cm³/mol. The van der Waals surface area contributed by atoms with Crippen molar-refractivity contribution in [2.45, 2.75) is 10.3 Å². The van der Waals surface area contributed by atoms with Gasteiger partial charge in [0.2, 0.25) is 5.91 Å². The number of alkyl halides is 2. The zero-order valence-electron chi connectivity index (χ0n) is 17.2. The Kier molecular flexibility index (Phi) is 6.61. The minimum Gasteiger partial charge on any atom is -0.323 e. The van der Waals surface area contributed by atoms with Crippen LogP contribution in [0.1, 0.15) is 21.8 Å². The molecule has 0 radical (unpaired) electrons. The van der Waals surface area contributed by atoms with Crippen molar-refractivity contribution in [3.8, 4) is 0 Å². The van der Waals surface area contributed by atoms with Gasteiger partial charge in [-0.2, -0.15) is 0 Å². The number of para-hydroxylation sites is 1. The first-order valence-corrected chi connectivity index (χ1v) is 11.4. The van der Waals surface area contributed by atoms with Crippen LogP contribution in [0.4, 0.5) is 15.8 Å². The van der Waals surface area contributed by atoms with Crippen molar-refractivity contribution in [1.29, 1.82) is 0 Å². The number of nitrogens with one attached hydrogen (secondary N) is 1. The maximum atomic E-state index is 15.2. The molecule has 2 atom stereocenters. The molecule has 0 aromatic heterocycles. The van der Waals surface area contributed by atoms with Gasteiger partial charge in [0, 0.05) is 18.7 Å². The fourth-order valence-electron chi connectivity index (χ4n) is 3.73. The van der Waals surface area contributed by atoms with Gasteiger partial charge in [0.15, 0.2) is 5.82 Å². The first kappa shape index (κ1) is 23.8. The lowest BCUT2D eigenvalue weighted by Gasteiger charge is -2.18. The number of hydrogen-bond acceptors (Lipinski definition) is 2. The summed E-state index contributed by atoms with van der Waals surface area (Å²) in [5.41, 5.74) is 0.923. The number of benzene rings is 3. The first-order valence-electron chi connectivity index (χ1n) is 9.88. The van der Waals surface area contributed by atoms with Crippen LogP contribution in [0.5, 0.6) is 0 Å². The lowest BCUT2D eigenvalue weighted by atomic mass is 10.1. The van der Waals surface area contributed by atoms with Gasteiger partial charge in [0.1, 0.15) is 4.33 Å². The molecule has 9 heteroatoms. The third kappa shape index (κ3) is 4.56. The number of rotatable bonds is 5. The van der Waals surface area contributed by atoms with Crippen molar-refractivity contribution >= 4 is 69.6 Å². The summed E-state index contributed by atoms with van der Waals surface area (Å²) in [4.78, 5) is 27.1.